The number of amides is 2. The number of methoxy groups -OCH3 is 1. The van der Waals surface area contributed by atoms with Gasteiger partial charge in [-0.3, -0.25) is 5.32 Å². The number of hydrogen-bond donors (Lipinski definition) is 2. The largest absolute Gasteiger partial charge is 0.477 e. The maximum atomic E-state index is 13.1. The van der Waals surface area contributed by atoms with Crippen LogP contribution in [0.5, 0.6) is 5.88 Å². The highest BCUT2D eigenvalue weighted by molar-refractivity contribution is 5.88. The molecule has 3 N–H and O–H groups in total. The number of aromatic nitrogens is 2. The fourth-order valence-corrected chi connectivity index (χ4v) is 4.06. The molecule has 1 atom stereocenters. The van der Waals surface area contributed by atoms with Crippen LogP contribution in [0, 0.1) is 12.7 Å². The topological polar surface area (TPSA) is 94.6 Å². The number of halogens is 1. The summed E-state index contributed by atoms with van der Waals surface area (Å²) in [7, 11) is 1.72. The number of carbonyl (C=O) groups is 1. The molecule has 1 unspecified atom stereocenters. The van der Waals surface area contributed by atoms with Gasteiger partial charge in [0.05, 0.1) is 24.5 Å². The van der Waals surface area contributed by atoms with Crippen molar-refractivity contribution in [2.24, 2.45) is 5.73 Å². The summed E-state index contributed by atoms with van der Waals surface area (Å²) in [5.74, 6) is 1.35. The zero-order valence-electron chi connectivity index (χ0n) is 20.5. The highest BCUT2D eigenvalue weighted by Crippen LogP contribution is 2.28. The number of primary amides is 1. The van der Waals surface area contributed by atoms with Crippen LogP contribution >= 0.6 is 0 Å². The van der Waals surface area contributed by atoms with Gasteiger partial charge in [-0.05, 0) is 62.6 Å². The Kier molecular flexibility index (Phi) is 9.63. The van der Waals surface area contributed by atoms with E-state index in [0.717, 1.165) is 49.5 Å². The zero-order chi connectivity index (χ0) is 25.2. The third-order valence-corrected chi connectivity index (χ3v) is 5.81. The van der Waals surface area contributed by atoms with Gasteiger partial charge in [-0.1, -0.05) is 30.3 Å². The lowest BCUT2D eigenvalue weighted by Crippen LogP contribution is -2.24. The molecule has 2 amide bonds. The van der Waals surface area contributed by atoms with Crippen molar-refractivity contribution in [3.05, 3.63) is 71.5 Å². The minimum atomic E-state index is -0.636. The van der Waals surface area contributed by atoms with E-state index in [4.69, 9.17) is 15.2 Å². The average molecular weight is 484 g/mol. The summed E-state index contributed by atoms with van der Waals surface area (Å²) in [5.41, 5.74) is 7.88. The molecule has 0 spiro atoms. The third-order valence-electron chi connectivity index (χ3n) is 5.81. The number of benzene rings is 2. The van der Waals surface area contributed by atoms with Crippen molar-refractivity contribution < 1.29 is 18.7 Å². The quantitative estimate of drug-likeness (QED) is 0.497. The molecule has 1 saturated heterocycles. The maximum absolute atomic E-state index is 13.1. The summed E-state index contributed by atoms with van der Waals surface area (Å²) in [6, 6.07) is 15.8. The van der Waals surface area contributed by atoms with Gasteiger partial charge in [0.25, 0.3) is 0 Å². The number of anilines is 1. The Morgan fingerprint density at radius 2 is 2.00 bits per heavy atom. The normalized spacial score (nSPS) is 15.4. The van der Waals surface area contributed by atoms with Gasteiger partial charge in [-0.2, -0.15) is 0 Å². The lowest BCUT2D eigenvalue weighted by Gasteiger charge is -2.15. The van der Waals surface area contributed by atoms with Crippen molar-refractivity contribution in [2.75, 3.05) is 45.3 Å². The number of nitrogens with two attached hydrogens (primary N) is 1. The van der Waals surface area contributed by atoms with Crippen LogP contribution in [0.4, 0.5) is 15.0 Å². The Balaban J connectivity index is 0.000000198. The van der Waals surface area contributed by atoms with Crippen molar-refractivity contribution in [3.63, 3.8) is 0 Å². The minimum Gasteiger partial charge on any atom is -0.477 e. The monoisotopic (exact) mass is 483 g/mol. The lowest BCUT2D eigenvalue weighted by atomic mass is 9.98. The van der Waals surface area contributed by atoms with Gasteiger partial charge >= 0.3 is 6.03 Å². The van der Waals surface area contributed by atoms with Crippen molar-refractivity contribution in [1.29, 1.82) is 0 Å². The van der Waals surface area contributed by atoms with Gasteiger partial charge < -0.3 is 20.1 Å². The van der Waals surface area contributed by atoms with Crippen LogP contribution in [-0.2, 0) is 4.74 Å². The Bertz CT molecular complexity index is 1090. The summed E-state index contributed by atoms with van der Waals surface area (Å²) >= 11 is 0. The van der Waals surface area contributed by atoms with E-state index in [1.165, 1.54) is 6.07 Å². The molecule has 0 bridgehead atoms. The number of para-hydroxylation sites is 1. The summed E-state index contributed by atoms with van der Waals surface area (Å²) < 4.78 is 25.2. The first-order valence-corrected chi connectivity index (χ1v) is 11.7. The number of nitrogens with zero attached hydrogens (tertiary/aromatic N) is 3. The predicted octanol–water partition coefficient (Wildman–Crippen LogP) is 4.33. The molecule has 3 aromatic rings. The van der Waals surface area contributed by atoms with E-state index in [1.807, 2.05) is 50.2 Å². The number of carbonyl (C=O) groups excluding carboxylic acids is 1. The Hall–Kier alpha value is -3.43. The summed E-state index contributed by atoms with van der Waals surface area (Å²) in [6.45, 7) is 8.06. The molecular formula is C26H34FN5O3. The Morgan fingerprint density at radius 3 is 2.66 bits per heavy atom. The first-order chi connectivity index (χ1) is 16.9. The van der Waals surface area contributed by atoms with Crippen molar-refractivity contribution in [1.82, 2.24) is 14.7 Å². The van der Waals surface area contributed by atoms with E-state index in [2.05, 4.69) is 15.3 Å². The first-order valence-electron chi connectivity index (χ1n) is 11.7. The van der Waals surface area contributed by atoms with E-state index in [-0.39, 0.29) is 5.82 Å². The number of nitrogens with one attached hydrogen (secondary N) is 1. The van der Waals surface area contributed by atoms with E-state index in [9.17, 15) is 9.18 Å². The summed E-state index contributed by atoms with van der Waals surface area (Å²) in [4.78, 5) is 13.5. The van der Waals surface area contributed by atoms with Gasteiger partial charge in [-0.25, -0.2) is 13.9 Å². The number of ether oxygens (including phenoxy) is 2. The van der Waals surface area contributed by atoms with Crippen LogP contribution in [0.25, 0.3) is 5.69 Å². The molecule has 35 heavy (non-hydrogen) atoms. The van der Waals surface area contributed by atoms with Crippen LogP contribution in [0.1, 0.15) is 30.4 Å². The van der Waals surface area contributed by atoms with Crippen LogP contribution in [-0.4, -0.2) is 60.7 Å². The predicted molar refractivity (Wildman–Crippen MR) is 135 cm³/mol. The molecule has 2 heterocycles. The van der Waals surface area contributed by atoms with Gasteiger partial charge in [0.2, 0.25) is 5.88 Å². The van der Waals surface area contributed by atoms with Gasteiger partial charge in [-0.15, -0.1) is 5.10 Å². The van der Waals surface area contributed by atoms with Crippen LogP contribution in [0.15, 0.2) is 54.6 Å². The fourth-order valence-electron chi connectivity index (χ4n) is 4.06. The van der Waals surface area contributed by atoms with Gasteiger partial charge in [0.1, 0.15) is 11.6 Å². The van der Waals surface area contributed by atoms with Gasteiger partial charge in [0.15, 0.2) is 0 Å². The van der Waals surface area contributed by atoms with Crippen LogP contribution < -0.4 is 15.8 Å². The number of rotatable bonds is 8. The molecule has 0 saturated carbocycles. The molecule has 188 valence electrons. The molecule has 9 heteroatoms. The van der Waals surface area contributed by atoms with E-state index < -0.39 is 6.03 Å². The van der Waals surface area contributed by atoms with E-state index in [0.29, 0.717) is 24.2 Å². The highest BCUT2D eigenvalue weighted by atomic mass is 19.1. The molecule has 1 aromatic heterocycles. The molecule has 4 rings (SSSR count). The standard InChI is InChI=1S/C13H18FNO.C13H16N4O2/c1-16-8-7-15-6-5-12(10-15)11-3-2-4-13(14)9-11;1-3-19-12-9(2)11(15-13(14)18)17(16-12)10-7-5-4-6-8-10/h2-4,9,12H,5-8,10H2,1H3;4-8H,3H2,1-2H3,(H3,14,15,18). The lowest BCUT2D eigenvalue weighted by molar-refractivity contribution is 0.160. The number of urea groups is 1. The second-order valence-corrected chi connectivity index (χ2v) is 8.28. The molecule has 1 fully saturated rings. The van der Waals surface area contributed by atoms with Gasteiger partial charge in [0, 0.05) is 20.2 Å². The molecule has 0 aliphatic carbocycles. The summed E-state index contributed by atoms with van der Waals surface area (Å²) in [6.07, 6.45) is 1.12. The molecule has 1 aliphatic rings. The minimum absolute atomic E-state index is 0.132. The smallest absolute Gasteiger partial charge is 0.317 e. The Morgan fingerprint density at radius 1 is 1.23 bits per heavy atom. The third kappa shape index (κ3) is 7.27. The second kappa shape index (κ2) is 12.9. The molecule has 8 nitrogen and oxygen atoms in total. The van der Waals surface area contributed by atoms with E-state index in [1.54, 1.807) is 23.9 Å². The van der Waals surface area contributed by atoms with Crippen LogP contribution in [0.3, 0.4) is 0 Å². The SMILES string of the molecule is CCOc1nn(-c2ccccc2)c(NC(N)=O)c1C.COCCN1CCC(c2cccc(F)c2)C1. The number of likely N-dealkylation sites (tertiary alicyclic amines) is 1. The first kappa shape index (κ1) is 26.2. The molecule has 0 radical (unpaired) electrons. The number of hydrogen-bond acceptors (Lipinski definition) is 5. The molecule has 2 aromatic carbocycles. The van der Waals surface area contributed by atoms with Crippen molar-refractivity contribution >= 4 is 11.8 Å². The summed E-state index contributed by atoms with van der Waals surface area (Å²) in [5, 5.41) is 6.93. The van der Waals surface area contributed by atoms with Crippen LogP contribution in [0.2, 0.25) is 0 Å². The molecular weight excluding hydrogens is 449 g/mol. The highest BCUT2D eigenvalue weighted by Gasteiger charge is 2.23. The van der Waals surface area contributed by atoms with E-state index >= 15 is 0 Å². The van der Waals surface area contributed by atoms with Crippen molar-refractivity contribution in [2.45, 2.75) is 26.2 Å². The average Bonchev–Trinajstić information content (AvgIpc) is 3.44. The maximum Gasteiger partial charge on any atom is 0.317 e. The fraction of sp³-hybridized carbons (Fsp3) is 0.385. The Labute approximate surface area is 205 Å². The zero-order valence-corrected chi connectivity index (χ0v) is 20.5. The van der Waals surface area contributed by atoms with Crippen molar-refractivity contribution in [3.8, 4) is 11.6 Å². The molecule has 1 aliphatic heterocycles. The second-order valence-electron chi connectivity index (χ2n) is 8.28.